The van der Waals surface area contributed by atoms with Crippen LogP contribution in [-0.4, -0.2) is 23.5 Å². The van der Waals surface area contributed by atoms with Crippen LogP contribution in [0.5, 0.6) is 0 Å². The van der Waals surface area contributed by atoms with Crippen LogP contribution >= 0.6 is 0 Å². The Kier molecular flexibility index (Phi) is 1.85. The number of piperidine rings is 1. The van der Waals surface area contributed by atoms with Crippen LogP contribution in [0.4, 0.5) is 0 Å². The lowest BCUT2D eigenvalue weighted by Gasteiger charge is -2.27. The number of benzene rings is 1. The summed E-state index contributed by atoms with van der Waals surface area (Å²) in [7, 11) is 0. The normalized spacial score (nSPS) is 39.7. The molecule has 3 fully saturated rings. The molecule has 2 saturated heterocycles. The number of hydrogen-bond acceptors (Lipinski definition) is 2. The number of hydrogen-bond donors (Lipinski definition) is 0. The van der Waals surface area contributed by atoms with E-state index in [0.717, 1.165) is 5.56 Å². The first-order chi connectivity index (χ1) is 8.62. The molecule has 1 aromatic rings. The lowest BCUT2D eigenvalue weighted by molar-refractivity contribution is -0.137. The van der Waals surface area contributed by atoms with Gasteiger partial charge in [-0.15, -0.1) is 0 Å². The van der Waals surface area contributed by atoms with Crippen molar-refractivity contribution in [2.45, 2.75) is 26.1 Å². The van der Waals surface area contributed by atoms with Gasteiger partial charge in [-0.2, -0.15) is 0 Å². The summed E-state index contributed by atoms with van der Waals surface area (Å²) >= 11 is 0. The molecular weight excluding hydrogens is 226 g/mol. The van der Waals surface area contributed by atoms with E-state index in [-0.39, 0.29) is 17.6 Å². The Labute approximate surface area is 107 Å². The smallest absolute Gasteiger partial charge is 0.229 e. The van der Waals surface area contributed by atoms with Gasteiger partial charge >= 0.3 is 0 Å². The topological polar surface area (TPSA) is 29.5 Å². The van der Waals surface area contributed by atoms with Crippen LogP contribution in [0, 0.1) is 17.3 Å². The zero-order valence-corrected chi connectivity index (χ0v) is 10.7. The van der Waals surface area contributed by atoms with Gasteiger partial charge in [-0.05, 0) is 11.3 Å². The second-order valence-corrected chi connectivity index (χ2v) is 6.23. The molecule has 0 spiro atoms. The highest BCUT2D eigenvalue weighted by atomic mass is 16.5. The van der Waals surface area contributed by atoms with E-state index in [4.69, 9.17) is 4.74 Å². The fraction of sp³-hybridized carbons (Fsp3) is 0.533. The van der Waals surface area contributed by atoms with Crippen LogP contribution in [-0.2, 0) is 9.53 Å². The van der Waals surface area contributed by atoms with Crippen molar-refractivity contribution in [1.29, 1.82) is 0 Å². The molecule has 18 heavy (non-hydrogen) atoms. The molecule has 1 aliphatic carbocycles. The number of carbonyl (C=O) groups is 1. The zero-order chi connectivity index (χ0) is 12.5. The minimum Gasteiger partial charge on any atom is -0.352 e. The minimum atomic E-state index is -0.160. The highest BCUT2D eigenvalue weighted by Gasteiger charge is 2.73. The predicted octanol–water partition coefficient (Wildman–Crippen LogP) is 2.20. The Morgan fingerprint density at radius 2 is 2.00 bits per heavy atom. The van der Waals surface area contributed by atoms with Crippen LogP contribution in [0.3, 0.4) is 0 Å². The van der Waals surface area contributed by atoms with Crippen molar-refractivity contribution in [2.75, 3.05) is 6.61 Å². The van der Waals surface area contributed by atoms with E-state index in [1.54, 1.807) is 0 Å². The van der Waals surface area contributed by atoms with E-state index in [9.17, 15) is 4.79 Å². The number of fused-ring (bicyclic) bond motifs is 3. The molecule has 4 rings (SSSR count). The Morgan fingerprint density at radius 3 is 2.72 bits per heavy atom. The molecule has 1 saturated carbocycles. The second-order valence-electron chi connectivity index (χ2n) is 6.23. The Morgan fingerprint density at radius 1 is 1.28 bits per heavy atom. The van der Waals surface area contributed by atoms with Crippen LogP contribution in [0.1, 0.15) is 25.6 Å². The highest BCUT2D eigenvalue weighted by Crippen LogP contribution is 2.67. The van der Waals surface area contributed by atoms with Gasteiger partial charge in [-0.1, -0.05) is 44.2 Å². The summed E-state index contributed by atoms with van der Waals surface area (Å²) in [6.45, 7) is 5.09. The lowest BCUT2D eigenvalue weighted by Crippen LogP contribution is -2.37. The van der Waals surface area contributed by atoms with Gasteiger partial charge < -0.3 is 9.64 Å². The summed E-state index contributed by atoms with van der Waals surface area (Å²) in [6.07, 6.45) is -0.160. The third kappa shape index (κ3) is 1.11. The largest absolute Gasteiger partial charge is 0.352 e. The van der Waals surface area contributed by atoms with Crippen LogP contribution in [0.15, 0.2) is 30.3 Å². The molecule has 0 radical (unpaired) electrons. The maximum Gasteiger partial charge on any atom is 0.229 e. The van der Waals surface area contributed by atoms with Gasteiger partial charge in [0.05, 0.1) is 12.6 Å². The molecule has 3 nitrogen and oxygen atoms in total. The second kappa shape index (κ2) is 3.15. The van der Waals surface area contributed by atoms with E-state index in [1.165, 1.54) is 0 Å². The van der Waals surface area contributed by atoms with Gasteiger partial charge in [0, 0.05) is 11.5 Å². The summed E-state index contributed by atoms with van der Waals surface area (Å²) in [5.41, 5.74) is 1.28. The van der Waals surface area contributed by atoms with E-state index < -0.39 is 0 Å². The SMILES string of the molecule is CC1(C)C2C(=O)N3[C@@H](c4ccccc4)OC[C@@H]3[C@H]21. The molecule has 0 bridgehead atoms. The van der Waals surface area contributed by atoms with E-state index in [1.807, 2.05) is 35.2 Å². The van der Waals surface area contributed by atoms with Crippen LogP contribution in [0.2, 0.25) is 0 Å². The molecule has 1 aromatic carbocycles. The van der Waals surface area contributed by atoms with Crippen molar-refractivity contribution in [3.63, 3.8) is 0 Å². The van der Waals surface area contributed by atoms with Gasteiger partial charge in [0.2, 0.25) is 5.91 Å². The van der Waals surface area contributed by atoms with Crippen molar-refractivity contribution in [2.24, 2.45) is 17.3 Å². The molecular formula is C15H17NO2. The molecule has 0 aromatic heterocycles. The van der Waals surface area contributed by atoms with Gasteiger partial charge in [-0.3, -0.25) is 4.79 Å². The summed E-state index contributed by atoms with van der Waals surface area (Å²) in [5.74, 6) is 1.03. The molecule has 2 aliphatic heterocycles. The van der Waals surface area contributed by atoms with Crippen LogP contribution < -0.4 is 0 Å². The monoisotopic (exact) mass is 243 g/mol. The summed E-state index contributed by atoms with van der Waals surface area (Å²) in [4.78, 5) is 14.5. The summed E-state index contributed by atoms with van der Waals surface area (Å²) < 4.78 is 5.87. The molecule has 2 heterocycles. The maximum absolute atomic E-state index is 12.5. The first kappa shape index (κ1) is 10.6. The summed E-state index contributed by atoms with van der Waals surface area (Å²) in [5, 5.41) is 0. The lowest BCUT2D eigenvalue weighted by atomic mass is 10.0. The Balaban J connectivity index is 1.67. The Bertz CT molecular complexity index is 510. The van der Waals surface area contributed by atoms with E-state index in [0.29, 0.717) is 24.5 Å². The molecule has 3 aliphatic rings. The van der Waals surface area contributed by atoms with Gasteiger partial charge in [-0.25, -0.2) is 0 Å². The number of carbonyl (C=O) groups excluding carboxylic acids is 1. The molecule has 0 N–H and O–H groups in total. The van der Waals surface area contributed by atoms with E-state index >= 15 is 0 Å². The van der Waals surface area contributed by atoms with Crippen molar-refractivity contribution < 1.29 is 9.53 Å². The number of rotatable bonds is 1. The van der Waals surface area contributed by atoms with Crippen molar-refractivity contribution in [3.8, 4) is 0 Å². The average Bonchev–Trinajstić information content (AvgIpc) is 2.70. The predicted molar refractivity (Wildman–Crippen MR) is 66.5 cm³/mol. The first-order valence-electron chi connectivity index (χ1n) is 6.61. The standard InChI is InChI=1S/C15H17NO2/c1-15(2)11-10-8-18-14(9-6-4-3-5-7-9)16(10)13(17)12(11)15/h3-7,10-12,14H,8H2,1-2H3/t10-,11-,12?,14-/m1/s1. The van der Waals surface area contributed by atoms with Crippen molar-refractivity contribution in [3.05, 3.63) is 35.9 Å². The third-order valence-electron chi connectivity index (χ3n) is 4.97. The van der Waals surface area contributed by atoms with Crippen molar-refractivity contribution >= 4 is 5.91 Å². The molecule has 3 heteroatoms. The van der Waals surface area contributed by atoms with Crippen LogP contribution in [0.25, 0.3) is 0 Å². The minimum absolute atomic E-state index is 0.160. The van der Waals surface area contributed by atoms with Crippen molar-refractivity contribution in [1.82, 2.24) is 4.90 Å². The fourth-order valence-electron chi connectivity index (χ4n) is 3.98. The molecule has 94 valence electrons. The number of amides is 1. The average molecular weight is 243 g/mol. The fourth-order valence-corrected chi connectivity index (χ4v) is 3.98. The summed E-state index contributed by atoms with van der Waals surface area (Å²) in [6, 6.07) is 10.4. The van der Waals surface area contributed by atoms with Gasteiger partial charge in [0.25, 0.3) is 0 Å². The zero-order valence-electron chi connectivity index (χ0n) is 10.7. The first-order valence-corrected chi connectivity index (χ1v) is 6.61. The van der Waals surface area contributed by atoms with Gasteiger partial charge in [0.1, 0.15) is 0 Å². The van der Waals surface area contributed by atoms with E-state index in [2.05, 4.69) is 13.8 Å². The molecule has 1 unspecified atom stereocenters. The molecule has 4 atom stereocenters. The quantitative estimate of drug-likeness (QED) is 0.756. The number of nitrogens with zero attached hydrogens (tertiary/aromatic N) is 1. The van der Waals surface area contributed by atoms with Gasteiger partial charge in [0.15, 0.2) is 6.23 Å². The highest BCUT2D eigenvalue weighted by molar-refractivity contribution is 5.87. The maximum atomic E-state index is 12.5. The Hall–Kier alpha value is -1.35. The molecule has 1 amide bonds. The number of ether oxygens (including phenoxy) is 1. The third-order valence-corrected chi connectivity index (χ3v) is 4.97.